The van der Waals surface area contributed by atoms with E-state index in [0.29, 0.717) is 19.6 Å². The van der Waals surface area contributed by atoms with Crippen molar-refractivity contribution < 1.29 is 19.4 Å². The first-order valence-electron chi connectivity index (χ1n) is 8.97. The summed E-state index contributed by atoms with van der Waals surface area (Å²) in [6, 6.07) is 15.8. The number of pyridine rings is 1. The minimum absolute atomic E-state index is 0.303. The van der Waals surface area contributed by atoms with Gasteiger partial charge >= 0.3 is 5.97 Å². The molecule has 0 spiro atoms. The van der Waals surface area contributed by atoms with E-state index in [1.165, 1.54) is 0 Å². The maximum Gasteiger partial charge on any atom is 0.333 e. The minimum atomic E-state index is -0.956. The van der Waals surface area contributed by atoms with Gasteiger partial charge in [0.25, 0.3) is 0 Å². The smallest absolute Gasteiger partial charge is 0.333 e. The van der Waals surface area contributed by atoms with Crippen LogP contribution in [0.1, 0.15) is 23.6 Å². The molecule has 5 heteroatoms. The van der Waals surface area contributed by atoms with Gasteiger partial charge in [-0.3, -0.25) is 4.98 Å². The Kier molecular flexibility index (Phi) is 6.04. The number of fused-ring (bicyclic) bond motifs is 1. The van der Waals surface area contributed by atoms with Gasteiger partial charge in [0.05, 0.1) is 5.52 Å². The summed E-state index contributed by atoms with van der Waals surface area (Å²) in [5, 5.41) is 10.3. The van der Waals surface area contributed by atoms with E-state index in [0.717, 1.165) is 33.3 Å². The van der Waals surface area contributed by atoms with Crippen LogP contribution in [0.15, 0.2) is 54.7 Å². The van der Waals surface area contributed by atoms with Crippen LogP contribution in [0.2, 0.25) is 0 Å². The Morgan fingerprint density at radius 1 is 1.15 bits per heavy atom. The second kappa shape index (κ2) is 8.64. The van der Waals surface area contributed by atoms with Crippen LogP contribution >= 0.6 is 0 Å². The number of aromatic nitrogens is 1. The maximum atomic E-state index is 11.3. The van der Waals surface area contributed by atoms with Crippen molar-refractivity contribution >= 4 is 16.9 Å². The third-order valence-electron chi connectivity index (χ3n) is 4.36. The van der Waals surface area contributed by atoms with Crippen molar-refractivity contribution in [3.8, 4) is 5.75 Å². The molecule has 2 aromatic carbocycles. The highest BCUT2D eigenvalue weighted by molar-refractivity contribution is 5.78. The summed E-state index contributed by atoms with van der Waals surface area (Å²) >= 11 is 0. The molecule has 1 unspecified atom stereocenters. The number of hydrogen-bond donors (Lipinski definition) is 1. The zero-order valence-electron chi connectivity index (χ0n) is 15.5. The predicted octanol–water partition coefficient (Wildman–Crippen LogP) is 4.15. The van der Waals surface area contributed by atoms with Gasteiger partial charge in [0.1, 0.15) is 12.4 Å². The van der Waals surface area contributed by atoms with Gasteiger partial charge in [-0.15, -0.1) is 0 Å². The van der Waals surface area contributed by atoms with Crippen molar-refractivity contribution in [3.63, 3.8) is 0 Å². The van der Waals surface area contributed by atoms with Crippen molar-refractivity contribution in [2.45, 2.75) is 33.0 Å². The first-order valence-corrected chi connectivity index (χ1v) is 8.97. The number of nitrogens with zero attached hydrogens (tertiary/aromatic N) is 1. The Morgan fingerprint density at radius 2 is 1.96 bits per heavy atom. The van der Waals surface area contributed by atoms with E-state index in [9.17, 15) is 9.90 Å². The Labute approximate surface area is 158 Å². The lowest BCUT2D eigenvalue weighted by atomic mass is 10.1. The molecule has 27 heavy (non-hydrogen) atoms. The number of benzene rings is 2. The molecule has 0 bridgehead atoms. The van der Waals surface area contributed by atoms with Crippen molar-refractivity contribution in [1.29, 1.82) is 0 Å². The summed E-state index contributed by atoms with van der Waals surface area (Å²) < 4.78 is 11.3. The number of rotatable bonds is 8. The fourth-order valence-corrected chi connectivity index (χ4v) is 2.92. The molecule has 5 nitrogen and oxygen atoms in total. The van der Waals surface area contributed by atoms with Crippen LogP contribution in [0.3, 0.4) is 0 Å². The first-order chi connectivity index (χ1) is 13.1. The number of carbonyl (C=O) groups is 1. The van der Waals surface area contributed by atoms with E-state index in [2.05, 4.69) is 11.1 Å². The summed E-state index contributed by atoms with van der Waals surface area (Å²) in [5.74, 6) is -0.219. The topological polar surface area (TPSA) is 68.7 Å². The number of carboxylic acids is 1. The Balaban J connectivity index is 1.72. The predicted molar refractivity (Wildman–Crippen MR) is 104 cm³/mol. The van der Waals surface area contributed by atoms with Crippen molar-refractivity contribution in [1.82, 2.24) is 4.98 Å². The third-order valence-corrected chi connectivity index (χ3v) is 4.36. The molecule has 3 aromatic rings. The zero-order valence-corrected chi connectivity index (χ0v) is 15.5. The van der Waals surface area contributed by atoms with Gasteiger partial charge < -0.3 is 14.6 Å². The van der Waals surface area contributed by atoms with Gasteiger partial charge in [-0.1, -0.05) is 30.3 Å². The quantitative estimate of drug-likeness (QED) is 0.649. The highest BCUT2D eigenvalue weighted by Gasteiger charge is 2.18. The van der Waals surface area contributed by atoms with E-state index in [1.807, 2.05) is 55.6 Å². The first kappa shape index (κ1) is 18.9. The monoisotopic (exact) mass is 365 g/mol. The normalized spacial score (nSPS) is 12.1. The number of aryl methyl sites for hydroxylation is 1. The molecule has 0 saturated heterocycles. The van der Waals surface area contributed by atoms with Crippen LogP contribution in [-0.2, 0) is 22.6 Å². The van der Waals surface area contributed by atoms with E-state index in [-0.39, 0.29) is 0 Å². The van der Waals surface area contributed by atoms with Crippen LogP contribution < -0.4 is 4.74 Å². The van der Waals surface area contributed by atoms with Crippen LogP contribution in [0.5, 0.6) is 5.75 Å². The molecule has 0 amide bonds. The molecular weight excluding hydrogens is 342 g/mol. The summed E-state index contributed by atoms with van der Waals surface area (Å²) in [5.41, 5.74) is 3.80. The SMILES string of the molecule is CCOC(Cc1ccc(C)c(OCc2cnc3ccccc3c2)c1)C(=O)O. The largest absolute Gasteiger partial charge is 0.489 e. The molecular formula is C22H23NO4. The van der Waals surface area contributed by atoms with Gasteiger partial charge in [-0.25, -0.2) is 4.79 Å². The fourth-order valence-electron chi connectivity index (χ4n) is 2.92. The molecule has 0 fully saturated rings. The third kappa shape index (κ3) is 4.83. The van der Waals surface area contributed by atoms with Crippen LogP contribution in [0, 0.1) is 6.92 Å². The summed E-state index contributed by atoms with van der Waals surface area (Å²) in [6.07, 6.45) is 1.27. The Bertz CT molecular complexity index is 938. The molecule has 0 aliphatic carbocycles. The standard InChI is InChI=1S/C22H23NO4/c1-3-26-21(22(24)25)12-16-9-8-15(2)20(11-16)27-14-17-10-18-6-4-5-7-19(18)23-13-17/h4-11,13,21H,3,12,14H2,1-2H3,(H,24,25). The van der Waals surface area contributed by atoms with Crippen molar-refractivity contribution in [3.05, 3.63) is 71.4 Å². The van der Waals surface area contributed by atoms with Crippen LogP contribution in [-0.4, -0.2) is 28.8 Å². The number of carboxylic acid groups (broad SMARTS) is 1. The highest BCUT2D eigenvalue weighted by Crippen LogP contribution is 2.23. The Morgan fingerprint density at radius 3 is 2.74 bits per heavy atom. The minimum Gasteiger partial charge on any atom is -0.489 e. The molecule has 0 aliphatic rings. The summed E-state index contributed by atoms with van der Waals surface area (Å²) in [4.78, 5) is 15.8. The van der Waals surface area contributed by atoms with E-state index in [4.69, 9.17) is 9.47 Å². The van der Waals surface area contributed by atoms with E-state index < -0.39 is 12.1 Å². The molecule has 3 rings (SSSR count). The fraction of sp³-hybridized carbons (Fsp3) is 0.273. The van der Waals surface area contributed by atoms with Gasteiger partial charge in [0, 0.05) is 30.2 Å². The number of ether oxygens (including phenoxy) is 2. The second-order valence-electron chi connectivity index (χ2n) is 6.41. The molecule has 1 atom stereocenters. The molecule has 1 aromatic heterocycles. The lowest BCUT2D eigenvalue weighted by Crippen LogP contribution is -2.26. The second-order valence-corrected chi connectivity index (χ2v) is 6.41. The Hall–Kier alpha value is -2.92. The summed E-state index contributed by atoms with van der Waals surface area (Å²) in [7, 11) is 0. The maximum absolute atomic E-state index is 11.3. The van der Waals surface area contributed by atoms with Gasteiger partial charge in [0.2, 0.25) is 0 Å². The van der Waals surface area contributed by atoms with Crippen LogP contribution in [0.25, 0.3) is 10.9 Å². The van der Waals surface area contributed by atoms with Crippen molar-refractivity contribution in [2.24, 2.45) is 0 Å². The molecule has 140 valence electrons. The summed E-state index contributed by atoms with van der Waals surface area (Å²) in [6.45, 7) is 4.52. The van der Waals surface area contributed by atoms with Gasteiger partial charge in [-0.2, -0.15) is 0 Å². The number of para-hydroxylation sites is 1. The molecule has 0 aliphatic heterocycles. The zero-order chi connectivity index (χ0) is 19.2. The van der Waals surface area contributed by atoms with E-state index >= 15 is 0 Å². The average molecular weight is 365 g/mol. The van der Waals surface area contributed by atoms with Crippen LogP contribution in [0.4, 0.5) is 0 Å². The molecule has 0 saturated carbocycles. The van der Waals surface area contributed by atoms with Gasteiger partial charge in [0.15, 0.2) is 6.10 Å². The lowest BCUT2D eigenvalue weighted by molar-refractivity contribution is -0.149. The average Bonchev–Trinajstić information content (AvgIpc) is 2.67. The molecule has 1 N–H and O–H groups in total. The van der Waals surface area contributed by atoms with Gasteiger partial charge in [-0.05, 0) is 43.2 Å². The molecule has 1 heterocycles. The number of hydrogen-bond acceptors (Lipinski definition) is 4. The van der Waals surface area contributed by atoms with Crippen molar-refractivity contribution in [2.75, 3.05) is 6.61 Å². The highest BCUT2D eigenvalue weighted by atomic mass is 16.5. The lowest BCUT2D eigenvalue weighted by Gasteiger charge is -2.15. The number of aliphatic carboxylic acids is 1. The molecule has 0 radical (unpaired) electrons. The van der Waals surface area contributed by atoms with E-state index in [1.54, 1.807) is 6.92 Å².